The Balaban J connectivity index is 1.54. The first-order chi connectivity index (χ1) is 16.2. The van der Waals surface area contributed by atoms with Crippen LogP contribution in [0.2, 0.25) is 0 Å². The molecule has 1 unspecified atom stereocenters. The van der Waals surface area contributed by atoms with Crippen LogP contribution < -0.4 is 0 Å². The Hall–Kier alpha value is -3.75. The van der Waals surface area contributed by atoms with Crippen molar-refractivity contribution in [2.75, 3.05) is 0 Å². The number of hydrogen-bond donors (Lipinski definition) is 0. The van der Waals surface area contributed by atoms with Gasteiger partial charge in [-0.25, -0.2) is 19.3 Å². The van der Waals surface area contributed by atoms with E-state index in [1.807, 2.05) is 54.6 Å². The standard InChI is InChI=1S/C28H18FN3S/c29-20-14-15-25-24(16-20)23-17-21(33-25)12-7-13-22(23)28-31-26(18-8-3-1-4-9-18)30-27(32-28)19-10-5-2-6-11-19/h1-5,7-10,12-13,16-17,23H,14-15H2. The van der Waals surface area contributed by atoms with Crippen molar-refractivity contribution in [3.05, 3.63) is 123 Å². The molecule has 0 N–H and O–H groups in total. The van der Waals surface area contributed by atoms with E-state index in [1.165, 1.54) is 9.81 Å². The number of nitrogens with zero attached hydrogens (tertiary/aromatic N) is 3. The molecular weight excluding hydrogens is 429 g/mol. The van der Waals surface area contributed by atoms with Crippen molar-refractivity contribution in [1.82, 2.24) is 15.0 Å². The van der Waals surface area contributed by atoms with Gasteiger partial charge in [-0.15, -0.1) is 0 Å². The van der Waals surface area contributed by atoms with Gasteiger partial charge in [-0.2, -0.15) is 0 Å². The molecule has 5 heteroatoms. The zero-order valence-corrected chi connectivity index (χ0v) is 18.4. The van der Waals surface area contributed by atoms with E-state index in [2.05, 4.69) is 23.6 Å². The average Bonchev–Trinajstić information content (AvgIpc) is 3.05. The molecule has 4 aliphatic rings. The van der Waals surface area contributed by atoms with Gasteiger partial charge in [0.1, 0.15) is 5.83 Å². The van der Waals surface area contributed by atoms with Crippen molar-refractivity contribution in [3.8, 4) is 11.4 Å². The van der Waals surface area contributed by atoms with E-state index >= 15 is 0 Å². The SMILES string of the molecule is FC1=CC2=C(CC1)SC1=CC2C(c2nc(C3=C=C=CC=C3)nc(-c3ccccc3)n2)=CC=C1. The lowest BCUT2D eigenvalue weighted by Crippen LogP contribution is -2.14. The molecular formula is C28H18FN3S. The van der Waals surface area contributed by atoms with Crippen molar-refractivity contribution < 1.29 is 4.39 Å². The lowest BCUT2D eigenvalue weighted by Gasteiger charge is -2.28. The zero-order valence-electron chi connectivity index (χ0n) is 17.6. The Bertz CT molecular complexity index is 1460. The molecule has 2 bridgehead atoms. The Kier molecular flexibility index (Phi) is 5.01. The number of benzene rings is 1. The van der Waals surface area contributed by atoms with Crippen molar-refractivity contribution in [2.45, 2.75) is 12.8 Å². The van der Waals surface area contributed by atoms with E-state index in [-0.39, 0.29) is 11.7 Å². The summed E-state index contributed by atoms with van der Waals surface area (Å²) >= 11 is 1.73. The predicted molar refractivity (Wildman–Crippen MR) is 131 cm³/mol. The van der Waals surface area contributed by atoms with E-state index in [0.717, 1.165) is 28.7 Å². The molecule has 1 atom stereocenters. The van der Waals surface area contributed by atoms with Crippen LogP contribution in [0.4, 0.5) is 4.39 Å². The molecule has 158 valence electrons. The summed E-state index contributed by atoms with van der Waals surface area (Å²) in [4.78, 5) is 16.9. The molecule has 0 saturated heterocycles. The van der Waals surface area contributed by atoms with Gasteiger partial charge < -0.3 is 0 Å². The Morgan fingerprint density at radius 2 is 1.79 bits per heavy atom. The molecule has 0 saturated carbocycles. The summed E-state index contributed by atoms with van der Waals surface area (Å²) in [5, 5.41) is 0. The number of aromatic nitrogens is 3. The van der Waals surface area contributed by atoms with Crippen molar-refractivity contribution in [1.29, 1.82) is 0 Å². The van der Waals surface area contributed by atoms with Gasteiger partial charge in [0.25, 0.3) is 0 Å². The Morgan fingerprint density at radius 1 is 0.939 bits per heavy atom. The lowest BCUT2D eigenvalue weighted by molar-refractivity contribution is 0.580. The minimum Gasteiger partial charge on any atom is -0.212 e. The van der Waals surface area contributed by atoms with Gasteiger partial charge in [-0.05, 0) is 41.2 Å². The first-order valence-electron chi connectivity index (χ1n) is 10.8. The number of fused-ring (bicyclic) bond motifs is 2. The first-order valence-corrected chi connectivity index (χ1v) is 11.6. The van der Waals surface area contributed by atoms with E-state index in [9.17, 15) is 4.39 Å². The number of halogens is 1. The fourth-order valence-electron chi connectivity index (χ4n) is 4.24. The van der Waals surface area contributed by atoms with Crippen LogP contribution in [0.5, 0.6) is 0 Å². The molecule has 3 nitrogen and oxygen atoms in total. The molecule has 3 aliphatic carbocycles. The second-order valence-electron chi connectivity index (χ2n) is 7.98. The van der Waals surface area contributed by atoms with Gasteiger partial charge in [0.15, 0.2) is 17.5 Å². The van der Waals surface area contributed by atoms with E-state index in [1.54, 1.807) is 23.9 Å². The summed E-state index contributed by atoms with van der Waals surface area (Å²) in [6.45, 7) is 0. The molecule has 2 heterocycles. The second kappa shape index (κ2) is 8.31. The van der Waals surface area contributed by atoms with Crippen LogP contribution >= 0.6 is 11.8 Å². The largest absolute Gasteiger partial charge is 0.212 e. The molecule has 2 aromatic rings. The summed E-state index contributed by atoms with van der Waals surface area (Å²) in [7, 11) is 0. The van der Waals surface area contributed by atoms with Crippen LogP contribution in [-0.4, -0.2) is 15.0 Å². The number of thioether (sulfide) groups is 1. The zero-order chi connectivity index (χ0) is 22.2. The minimum absolute atomic E-state index is 0.0708. The normalized spacial score (nSPS) is 20.6. The summed E-state index contributed by atoms with van der Waals surface area (Å²) in [5.74, 6) is 1.54. The van der Waals surface area contributed by atoms with Gasteiger partial charge in [0.2, 0.25) is 0 Å². The molecule has 6 rings (SSSR count). The summed E-state index contributed by atoms with van der Waals surface area (Å²) < 4.78 is 14.3. The van der Waals surface area contributed by atoms with Crippen LogP contribution in [0.15, 0.2) is 112 Å². The molecule has 0 radical (unpaired) electrons. The number of rotatable bonds is 3. The van der Waals surface area contributed by atoms with Gasteiger partial charge in [-0.1, -0.05) is 77.9 Å². The molecule has 1 aromatic heterocycles. The van der Waals surface area contributed by atoms with E-state index < -0.39 is 0 Å². The number of hydrogen-bond acceptors (Lipinski definition) is 4. The van der Waals surface area contributed by atoms with Crippen molar-refractivity contribution >= 4 is 22.9 Å². The highest BCUT2D eigenvalue weighted by Gasteiger charge is 2.30. The van der Waals surface area contributed by atoms with E-state index in [4.69, 9.17) is 15.0 Å². The smallest absolute Gasteiger partial charge is 0.172 e. The van der Waals surface area contributed by atoms with Gasteiger partial charge in [0, 0.05) is 28.4 Å². The summed E-state index contributed by atoms with van der Waals surface area (Å²) in [6, 6.07) is 9.87. The maximum atomic E-state index is 14.3. The Labute approximate surface area is 195 Å². The fraction of sp³-hybridized carbons (Fsp3) is 0.107. The van der Waals surface area contributed by atoms with Crippen LogP contribution in [0, 0.1) is 5.92 Å². The third kappa shape index (κ3) is 3.83. The van der Waals surface area contributed by atoms with Crippen molar-refractivity contribution in [3.63, 3.8) is 0 Å². The molecule has 1 aromatic carbocycles. The van der Waals surface area contributed by atoms with E-state index in [0.29, 0.717) is 23.9 Å². The fourth-order valence-corrected chi connectivity index (χ4v) is 5.38. The maximum Gasteiger partial charge on any atom is 0.172 e. The first kappa shape index (κ1) is 19.9. The highest BCUT2D eigenvalue weighted by molar-refractivity contribution is 8.07. The predicted octanol–water partition coefficient (Wildman–Crippen LogP) is 6.90. The van der Waals surface area contributed by atoms with Crippen LogP contribution in [-0.2, 0) is 0 Å². The lowest BCUT2D eigenvalue weighted by atomic mass is 9.86. The number of allylic oxidation sites excluding steroid dienone is 13. The summed E-state index contributed by atoms with van der Waals surface area (Å²) in [6.07, 6.45) is 16.8. The second-order valence-corrected chi connectivity index (χ2v) is 9.15. The molecule has 33 heavy (non-hydrogen) atoms. The van der Waals surface area contributed by atoms with Crippen LogP contribution in [0.1, 0.15) is 24.5 Å². The highest BCUT2D eigenvalue weighted by atomic mass is 32.2. The molecule has 1 aliphatic heterocycles. The molecule has 0 amide bonds. The van der Waals surface area contributed by atoms with Crippen LogP contribution in [0.25, 0.3) is 22.5 Å². The molecule has 0 fully saturated rings. The van der Waals surface area contributed by atoms with Gasteiger partial charge >= 0.3 is 0 Å². The third-order valence-electron chi connectivity index (χ3n) is 5.82. The average molecular weight is 448 g/mol. The van der Waals surface area contributed by atoms with Gasteiger partial charge in [0.05, 0.1) is 5.57 Å². The quantitative estimate of drug-likeness (QED) is 0.480. The van der Waals surface area contributed by atoms with Gasteiger partial charge in [-0.3, -0.25) is 0 Å². The topological polar surface area (TPSA) is 38.7 Å². The molecule has 0 spiro atoms. The third-order valence-corrected chi connectivity index (χ3v) is 7.01. The monoisotopic (exact) mass is 447 g/mol. The minimum atomic E-state index is -0.109. The highest BCUT2D eigenvalue weighted by Crippen LogP contribution is 2.49. The maximum absolute atomic E-state index is 14.3. The Morgan fingerprint density at radius 3 is 2.64 bits per heavy atom. The van der Waals surface area contributed by atoms with Crippen LogP contribution in [0.3, 0.4) is 0 Å². The summed E-state index contributed by atoms with van der Waals surface area (Å²) in [5.41, 5.74) is 9.69. The van der Waals surface area contributed by atoms with Crippen molar-refractivity contribution in [2.24, 2.45) is 5.92 Å².